The van der Waals surface area contributed by atoms with Crippen LogP contribution in [0.3, 0.4) is 0 Å². The summed E-state index contributed by atoms with van der Waals surface area (Å²) in [4.78, 5) is 0. The lowest BCUT2D eigenvalue weighted by molar-refractivity contribution is 0.659. The van der Waals surface area contributed by atoms with E-state index in [1.165, 1.54) is 109 Å². The van der Waals surface area contributed by atoms with Gasteiger partial charge in [-0.1, -0.05) is 184 Å². The Hall–Kier alpha value is -7.00. The Labute approximate surface area is 354 Å². The van der Waals surface area contributed by atoms with Crippen LogP contribution in [-0.4, -0.2) is 4.57 Å². The monoisotopic (exact) mass is 783 g/mol. The molecular weight excluding hydrogens is 743 g/mol. The van der Waals surface area contributed by atoms with E-state index in [0.29, 0.717) is 0 Å². The number of hydrogen-bond donors (Lipinski definition) is 0. The number of benzene rings is 9. The zero-order valence-electron chi connectivity index (χ0n) is 33.6. The first-order valence-corrected chi connectivity index (χ1v) is 21.8. The third kappa shape index (κ3) is 5.38. The third-order valence-electron chi connectivity index (χ3n) is 13.2. The SMILES string of the molecule is CC1(C)c2ccccc2-c2ccc(C(c3ccc(-c4ccc5c(c4)c4ccccc4n5-c4ccccc4)cc3)c3ccc(-c4cccc5c4sc4ccccc45)cc3)cc21. The number of thiophene rings is 1. The fourth-order valence-electron chi connectivity index (χ4n) is 10.2. The maximum absolute atomic E-state index is 2.50. The van der Waals surface area contributed by atoms with Crippen LogP contribution in [0.1, 0.15) is 47.6 Å². The van der Waals surface area contributed by atoms with Crippen molar-refractivity contribution < 1.29 is 0 Å². The van der Waals surface area contributed by atoms with Crippen LogP contribution < -0.4 is 0 Å². The summed E-state index contributed by atoms with van der Waals surface area (Å²) in [7, 11) is 0. The summed E-state index contributed by atoms with van der Waals surface area (Å²) in [5.41, 5.74) is 17.9. The van der Waals surface area contributed by atoms with Crippen LogP contribution in [-0.2, 0) is 5.41 Å². The molecule has 284 valence electrons. The second kappa shape index (κ2) is 13.5. The lowest BCUT2D eigenvalue weighted by Gasteiger charge is -2.25. The van der Waals surface area contributed by atoms with Gasteiger partial charge in [-0.05, 0) is 97.6 Å². The Balaban J connectivity index is 0.964. The van der Waals surface area contributed by atoms with Gasteiger partial charge < -0.3 is 4.57 Å². The highest BCUT2D eigenvalue weighted by molar-refractivity contribution is 7.26. The highest BCUT2D eigenvalue weighted by atomic mass is 32.1. The molecule has 0 aliphatic heterocycles. The van der Waals surface area contributed by atoms with Gasteiger partial charge in [-0.25, -0.2) is 0 Å². The molecule has 1 atom stereocenters. The van der Waals surface area contributed by atoms with Gasteiger partial charge in [0.15, 0.2) is 0 Å². The Bertz CT molecular complexity index is 3440. The van der Waals surface area contributed by atoms with Gasteiger partial charge in [0.2, 0.25) is 0 Å². The van der Waals surface area contributed by atoms with Crippen molar-refractivity contribution >= 4 is 53.3 Å². The first-order chi connectivity index (χ1) is 29.5. The molecule has 1 aliphatic rings. The fraction of sp³-hybridized carbons (Fsp3) is 0.0690. The van der Waals surface area contributed by atoms with Crippen molar-refractivity contribution in [1.82, 2.24) is 4.57 Å². The average molecular weight is 784 g/mol. The highest BCUT2D eigenvalue weighted by Gasteiger charge is 2.36. The molecule has 60 heavy (non-hydrogen) atoms. The first kappa shape index (κ1) is 35.0. The maximum Gasteiger partial charge on any atom is 0.0541 e. The van der Waals surface area contributed by atoms with Gasteiger partial charge in [-0.2, -0.15) is 0 Å². The van der Waals surface area contributed by atoms with Crippen molar-refractivity contribution in [2.75, 3.05) is 0 Å². The van der Waals surface area contributed by atoms with E-state index in [1.807, 2.05) is 11.3 Å². The van der Waals surface area contributed by atoms with Crippen LogP contribution >= 0.6 is 11.3 Å². The number of rotatable bonds is 6. The van der Waals surface area contributed by atoms with Crippen LogP contribution in [0.5, 0.6) is 0 Å². The van der Waals surface area contributed by atoms with Crippen LogP contribution in [0.4, 0.5) is 0 Å². The van der Waals surface area contributed by atoms with Crippen molar-refractivity contribution in [3.05, 3.63) is 234 Å². The molecule has 0 spiro atoms. The number of aromatic nitrogens is 1. The standard InChI is InChI=1S/C58H41NS/c1-58(2)51-20-9-6-15-45(51)46-33-31-42(36-52(46)58)56(40-29-25-38(26-30-40)44-18-12-19-49-48-17-8-11-22-55(48)60-57(44)49)39-27-23-37(24-28-39)41-32-34-54-50(35-41)47-16-7-10-21-53(47)59(54)43-13-4-3-5-14-43/h3-36,56H,1-2H3. The van der Waals surface area contributed by atoms with Crippen LogP contribution in [0.2, 0.25) is 0 Å². The topological polar surface area (TPSA) is 4.93 Å². The third-order valence-corrected chi connectivity index (χ3v) is 14.4. The summed E-state index contributed by atoms with van der Waals surface area (Å²) in [5, 5.41) is 5.20. The summed E-state index contributed by atoms with van der Waals surface area (Å²) < 4.78 is 5.06. The summed E-state index contributed by atoms with van der Waals surface area (Å²) >= 11 is 1.89. The quantitative estimate of drug-likeness (QED) is 0.148. The van der Waals surface area contributed by atoms with E-state index in [4.69, 9.17) is 0 Å². The zero-order valence-corrected chi connectivity index (χ0v) is 34.4. The molecule has 0 amide bonds. The molecule has 2 aromatic heterocycles. The molecule has 1 aliphatic carbocycles. The Kier molecular flexibility index (Phi) is 7.89. The largest absolute Gasteiger partial charge is 0.309 e. The Morgan fingerprint density at radius 3 is 1.82 bits per heavy atom. The minimum atomic E-state index is -0.0780. The van der Waals surface area contributed by atoms with E-state index in [-0.39, 0.29) is 11.3 Å². The van der Waals surface area contributed by atoms with Crippen molar-refractivity contribution in [1.29, 1.82) is 0 Å². The lowest BCUT2D eigenvalue weighted by atomic mass is 9.79. The molecule has 9 aromatic carbocycles. The van der Waals surface area contributed by atoms with E-state index in [2.05, 4.69) is 225 Å². The molecule has 0 saturated carbocycles. The van der Waals surface area contributed by atoms with Gasteiger partial charge in [0, 0.05) is 48.0 Å². The van der Waals surface area contributed by atoms with Crippen molar-refractivity contribution in [3.63, 3.8) is 0 Å². The molecule has 0 bridgehead atoms. The van der Waals surface area contributed by atoms with Gasteiger partial charge >= 0.3 is 0 Å². The van der Waals surface area contributed by atoms with Crippen molar-refractivity contribution in [3.8, 4) is 39.1 Å². The molecule has 1 unspecified atom stereocenters. The molecule has 11 aromatic rings. The average Bonchev–Trinajstić information content (AvgIpc) is 3.92. The summed E-state index contributed by atoms with van der Waals surface area (Å²) in [6.07, 6.45) is 0. The number of nitrogens with zero attached hydrogens (tertiary/aromatic N) is 1. The maximum atomic E-state index is 2.50. The van der Waals surface area contributed by atoms with E-state index < -0.39 is 0 Å². The summed E-state index contributed by atoms with van der Waals surface area (Å²) in [6, 6.07) is 76.9. The molecule has 2 heterocycles. The first-order valence-electron chi connectivity index (χ1n) is 21.0. The van der Waals surface area contributed by atoms with Gasteiger partial charge in [0.25, 0.3) is 0 Å². The van der Waals surface area contributed by atoms with Gasteiger partial charge in [-0.3, -0.25) is 0 Å². The normalized spacial score (nSPS) is 13.6. The predicted molar refractivity (Wildman–Crippen MR) is 256 cm³/mol. The van der Waals surface area contributed by atoms with Gasteiger partial charge in [0.1, 0.15) is 0 Å². The molecule has 1 nitrogen and oxygen atoms in total. The molecule has 0 radical (unpaired) electrons. The van der Waals surface area contributed by atoms with Crippen LogP contribution in [0, 0.1) is 0 Å². The van der Waals surface area contributed by atoms with Crippen LogP contribution in [0.25, 0.3) is 81.0 Å². The van der Waals surface area contributed by atoms with E-state index >= 15 is 0 Å². The molecular formula is C58H41NS. The molecule has 0 N–H and O–H groups in total. The minimum absolute atomic E-state index is 0.0596. The highest BCUT2D eigenvalue weighted by Crippen LogP contribution is 2.50. The van der Waals surface area contributed by atoms with Gasteiger partial charge in [0.05, 0.1) is 11.0 Å². The number of para-hydroxylation sites is 2. The molecule has 0 fully saturated rings. The molecule has 0 saturated heterocycles. The minimum Gasteiger partial charge on any atom is -0.309 e. The summed E-state index contributed by atoms with van der Waals surface area (Å²) in [5.74, 6) is 0.0596. The van der Waals surface area contributed by atoms with E-state index in [1.54, 1.807) is 0 Å². The number of fused-ring (bicyclic) bond motifs is 9. The zero-order chi connectivity index (χ0) is 40.0. The predicted octanol–water partition coefficient (Wildman–Crippen LogP) is 16.0. The number of hydrogen-bond acceptors (Lipinski definition) is 1. The summed E-state index contributed by atoms with van der Waals surface area (Å²) in [6.45, 7) is 4.76. The molecule has 12 rings (SSSR count). The van der Waals surface area contributed by atoms with E-state index in [0.717, 1.165) is 0 Å². The Morgan fingerprint density at radius 2 is 1.00 bits per heavy atom. The van der Waals surface area contributed by atoms with Crippen molar-refractivity contribution in [2.24, 2.45) is 0 Å². The lowest BCUT2D eigenvalue weighted by Crippen LogP contribution is -2.15. The van der Waals surface area contributed by atoms with E-state index in [9.17, 15) is 0 Å². The van der Waals surface area contributed by atoms with Crippen LogP contribution in [0.15, 0.2) is 206 Å². The second-order valence-corrected chi connectivity index (χ2v) is 17.9. The molecule has 2 heteroatoms. The Morgan fingerprint density at radius 1 is 0.400 bits per heavy atom. The smallest absolute Gasteiger partial charge is 0.0541 e. The fourth-order valence-corrected chi connectivity index (χ4v) is 11.4. The van der Waals surface area contributed by atoms with Crippen molar-refractivity contribution in [2.45, 2.75) is 25.2 Å². The second-order valence-electron chi connectivity index (χ2n) is 16.9. The van der Waals surface area contributed by atoms with Gasteiger partial charge in [-0.15, -0.1) is 11.3 Å².